The zero-order chi connectivity index (χ0) is 13.7. The fourth-order valence-electron chi connectivity index (χ4n) is 2.47. The number of pyridine rings is 1. The molecule has 1 aromatic rings. The van der Waals surface area contributed by atoms with Crippen LogP contribution in [-0.2, 0) is 0 Å². The predicted octanol–water partition coefficient (Wildman–Crippen LogP) is 1.34. The van der Waals surface area contributed by atoms with Gasteiger partial charge in [-0.15, -0.1) is 0 Å². The second-order valence-electron chi connectivity index (χ2n) is 4.89. The maximum atomic E-state index is 11.5. The van der Waals surface area contributed by atoms with Crippen molar-refractivity contribution in [1.29, 1.82) is 0 Å². The summed E-state index contributed by atoms with van der Waals surface area (Å²) in [5.41, 5.74) is 1.42. The van der Waals surface area contributed by atoms with E-state index >= 15 is 0 Å². The first kappa shape index (κ1) is 13.8. The van der Waals surface area contributed by atoms with E-state index in [-0.39, 0.29) is 5.91 Å². The van der Waals surface area contributed by atoms with Gasteiger partial charge in [-0.05, 0) is 38.1 Å². The lowest BCUT2D eigenvalue weighted by Crippen LogP contribution is -2.41. The average molecular weight is 262 g/mol. The molecule has 0 aromatic carbocycles. The van der Waals surface area contributed by atoms with E-state index in [2.05, 4.69) is 27.4 Å². The van der Waals surface area contributed by atoms with Crippen LogP contribution in [0.3, 0.4) is 0 Å². The molecule has 2 heterocycles. The molecule has 5 nitrogen and oxygen atoms in total. The van der Waals surface area contributed by atoms with Gasteiger partial charge in [0.05, 0.1) is 0 Å². The van der Waals surface area contributed by atoms with Crippen molar-refractivity contribution in [3.05, 3.63) is 24.0 Å². The highest BCUT2D eigenvalue weighted by atomic mass is 16.1. The van der Waals surface area contributed by atoms with E-state index in [9.17, 15) is 4.79 Å². The maximum absolute atomic E-state index is 11.5. The summed E-state index contributed by atoms with van der Waals surface area (Å²) in [6.45, 7) is 5.54. The van der Waals surface area contributed by atoms with Crippen molar-refractivity contribution in [2.75, 3.05) is 32.0 Å². The van der Waals surface area contributed by atoms with E-state index in [0.29, 0.717) is 11.7 Å². The van der Waals surface area contributed by atoms with Crippen LogP contribution in [0.25, 0.3) is 0 Å². The van der Waals surface area contributed by atoms with Gasteiger partial charge >= 0.3 is 0 Å². The van der Waals surface area contributed by atoms with Gasteiger partial charge in [-0.1, -0.05) is 6.92 Å². The van der Waals surface area contributed by atoms with E-state index in [1.165, 1.54) is 19.4 Å². The van der Waals surface area contributed by atoms with Gasteiger partial charge in [0.1, 0.15) is 5.69 Å². The summed E-state index contributed by atoms with van der Waals surface area (Å²) in [6.07, 6.45) is 4.07. The molecular formula is C14H22N4O. The Labute approximate surface area is 114 Å². The molecule has 0 spiro atoms. The fraction of sp³-hybridized carbons (Fsp3) is 0.571. The number of hydrogen-bond acceptors (Lipinski definition) is 4. The molecule has 1 fully saturated rings. The molecule has 104 valence electrons. The highest BCUT2D eigenvalue weighted by molar-refractivity contribution is 5.92. The van der Waals surface area contributed by atoms with Gasteiger partial charge in [0.25, 0.3) is 5.91 Å². The van der Waals surface area contributed by atoms with E-state index < -0.39 is 0 Å². The molecule has 2 rings (SSSR count). The topological polar surface area (TPSA) is 57.3 Å². The molecule has 0 aliphatic carbocycles. The van der Waals surface area contributed by atoms with Gasteiger partial charge in [0.2, 0.25) is 0 Å². The molecule has 1 amide bonds. The largest absolute Gasteiger partial charge is 0.381 e. The van der Waals surface area contributed by atoms with E-state index in [0.717, 1.165) is 18.8 Å². The zero-order valence-corrected chi connectivity index (χ0v) is 11.6. The first-order chi connectivity index (χ1) is 9.22. The summed E-state index contributed by atoms with van der Waals surface area (Å²) < 4.78 is 0. The number of nitrogens with zero attached hydrogens (tertiary/aromatic N) is 2. The number of likely N-dealkylation sites (N-methyl/N-ethyl adjacent to an activating group) is 1. The number of anilines is 1. The van der Waals surface area contributed by atoms with Crippen LogP contribution in [0.2, 0.25) is 0 Å². The molecule has 1 saturated heterocycles. The molecule has 1 aromatic heterocycles. The minimum Gasteiger partial charge on any atom is -0.381 e. The van der Waals surface area contributed by atoms with Crippen molar-refractivity contribution in [2.24, 2.45) is 0 Å². The lowest BCUT2D eigenvalue weighted by Gasteiger charge is -2.32. The first-order valence-electron chi connectivity index (χ1n) is 6.90. The predicted molar refractivity (Wildman–Crippen MR) is 76.4 cm³/mol. The Morgan fingerprint density at radius 3 is 3.16 bits per heavy atom. The molecule has 5 heteroatoms. The number of carbonyl (C=O) groups is 1. The second kappa shape index (κ2) is 6.52. The quantitative estimate of drug-likeness (QED) is 0.859. The van der Waals surface area contributed by atoms with Gasteiger partial charge < -0.3 is 15.5 Å². The minimum absolute atomic E-state index is 0.150. The number of aromatic nitrogens is 1. The van der Waals surface area contributed by atoms with Crippen molar-refractivity contribution in [1.82, 2.24) is 15.2 Å². The maximum Gasteiger partial charge on any atom is 0.269 e. The van der Waals surface area contributed by atoms with Crippen LogP contribution in [-0.4, -0.2) is 48.5 Å². The molecule has 1 atom stereocenters. The number of nitrogens with one attached hydrogen (secondary N) is 2. The lowest BCUT2D eigenvalue weighted by atomic mass is 10.1. The lowest BCUT2D eigenvalue weighted by molar-refractivity contribution is 0.0958. The van der Waals surface area contributed by atoms with Crippen LogP contribution in [0.1, 0.15) is 30.3 Å². The standard InChI is InChI=1S/C14H22N4O/c1-3-18-8-4-5-12(10-18)17-11-6-7-16-13(9-11)14(19)15-2/h6-7,9,12H,3-5,8,10H2,1-2H3,(H,15,19)(H,16,17). The van der Waals surface area contributed by atoms with Crippen molar-refractivity contribution in [3.63, 3.8) is 0 Å². The van der Waals surface area contributed by atoms with Crippen LogP contribution in [0.4, 0.5) is 5.69 Å². The highest BCUT2D eigenvalue weighted by Crippen LogP contribution is 2.16. The Hall–Kier alpha value is -1.62. The molecule has 2 N–H and O–H groups in total. The highest BCUT2D eigenvalue weighted by Gasteiger charge is 2.18. The van der Waals surface area contributed by atoms with E-state index in [4.69, 9.17) is 0 Å². The number of hydrogen-bond donors (Lipinski definition) is 2. The molecule has 19 heavy (non-hydrogen) atoms. The van der Waals surface area contributed by atoms with E-state index in [1.54, 1.807) is 13.2 Å². The first-order valence-corrected chi connectivity index (χ1v) is 6.90. The van der Waals surface area contributed by atoms with Gasteiger partial charge in [0.15, 0.2) is 0 Å². The smallest absolute Gasteiger partial charge is 0.269 e. The van der Waals surface area contributed by atoms with Crippen LogP contribution >= 0.6 is 0 Å². The van der Waals surface area contributed by atoms with Crippen molar-refractivity contribution < 1.29 is 4.79 Å². The summed E-state index contributed by atoms with van der Waals surface area (Å²) in [5.74, 6) is -0.150. The van der Waals surface area contributed by atoms with Crippen molar-refractivity contribution >= 4 is 11.6 Å². The van der Waals surface area contributed by atoms with Crippen molar-refractivity contribution in [2.45, 2.75) is 25.8 Å². The third kappa shape index (κ3) is 3.67. The fourth-order valence-corrected chi connectivity index (χ4v) is 2.47. The summed E-state index contributed by atoms with van der Waals surface area (Å²) in [7, 11) is 1.62. The zero-order valence-electron chi connectivity index (χ0n) is 11.6. The average Bonchev–Trinajstić information content (AvgIpc) is 2.47. The van der Waals surface area contributed by atoms with Crippen LogP contribution in [0, 0.1) is 0 Å². The molecule has 0 saturated carbocycles. The number of likely N-dealkylation sites (tertiary alicyclic amines) is 1. The van der Waals surface area contributed by atoms with Crippen LogP contribution < -0.4 is 10.6 Å². The summed E-state index contributed by atoms with van der Waals surface area (Å²) in [6, 6.07) is 4.18. The minimum atomic E-state index is -0.150. The third-order valence-corrected chi connectivity index (χ3v) is 3.54. The normalized spacial score (nSPS) is 20.0. The Balaban J connectivity index is 2.00. The van der Waals surface area contributed by atoms with Gasteiger partial charge in [-0.2, -0.15) is 0 Å². The van der Waals surface area contributed by atoms with Crippen LogP contribution in [0.15, 0.2) is 18.3 Å². The Kier molecular flexibility index (Phi) is 4.74. The molecule has 0 radical (unpaired) electrons. The monoisotopic (exact) mass is 262 g/mol. The van der Waals surface area contributed by atoms with Gasteiger partial charge in [-0.25, -0.2) is 0 Å². The molecule has 1 aliphatic rings. The Morgan fingerprint density at radius 2 is 2.42 bits per heavy atom. The van der Waals surface area contributed by atoms with Crippen molar-refractivity contribution in [3.8, 4) is 0 Å². The van der Waals surface area contributed by atoms with Gasteiger partial charge in [0, 0.05) is 31.5 Å². The number of carbonyl (C=O) groups excluding carboxylic acids is 1. The molecule has 1 aliphatic heterocycles. The van der Waals surface area contributed by atoms with Gasteiger partial charge in [-0.3, -0.25) is 9.78 Å². The Bertz CT molecular complexity index is 435. The third-order valence-electron chi connectivity index (χ3n) is 3.54. The molecule has 1 unspecified atom stereocenters. The second-order valence-corrected chi connectivity index (χ2v) is 4.89. The van der Waals surface area contributed by atoms with E-state index in [1.807, 2.05) is 12.1 Å². The molecular weight excluding hydrogens is 240 g/mol. The SMILES string of the molecule is CCN1CCCC(Nc2ccnc(C(=O)NC)c2)C1. The summed E-state index contributed by atoms with van der Waals surface area (Å²) in [5, 5.41) is 6.09. The number of rotatable bonds is 4. The number of piperidine rings is 1. The van der Waals surface area contributed by atoms with Crippen LogP contribution in [0.5, 0.6) is 0 Å². The molecule has 0 bridgehead atoms. The summed E-state index contributed by atoms with van der Waals surface area (Å²) >= 11 is 0. The summed E-state index contributed by atoms with van der Waals surface area (Å²) in [4.78, 5) is 18.1. The Morgan fingerprint density at radius 1 is 1.58 bits per heavy atom. The number of amides is 1.